The van der Waals surface area contributed by atoms with Gasteiger partial charge in [0, 0.05) is 18.2 Å². The molecule has 1 heterocycles. The monoisotopic (exact) mass is 263 g/mol. The lowest BCUT2D eigenvalue weighted by Gasteiger charge is -2.09. The minimum Gasteiger partial charge on any atom is -0.486 e. The molecule has 4 heteroatoms. The summed E-state index contributed by atoms with van der Waals surface area (Å²) in [5, 5.41) is 3.33. The highest BCUT2D eigenvalue weighted by molar-refractivity contribution is 5.23. The van der Waals surface area contributed by atoms with Crippen molar-refractivity contribution in [1.29, 1.82) is 0 Å². The molecule has 0 unspecified atom stereocenters. The molecule has 0 radical (unpaired) electrons. The lowest BCUT2D eigenvalue weighted by molar-refractivity contribution is 0.267. The summed E-state index contributed by atoms with van der Waals surface area (Å²) in [6, 6.07) is 8.30. The second kappa shape index (κ2) is 6.38. The second-order valence-electron chi connectivity index (χ2n) is 4.65. The predicted octanol–water partition coefficient (Wildman–Crippen LogP) is 3.50. The number of rotatable bonds is 6. The molecule has 3 nitrogen and oxygen atoms in total. The first-order valence-corrected chi connectivity index (χ1v) is 6.32. The van der Waals surface area contributed by atoms with Gasteiger partial charge in [-0.25, -0.2) is 4.39 Å². The van der Waals surface area contributed by atoms with Gasteiger partial charge in [0.2, 0.25) is 0 Å². The molecule has 1 aromatic heterocycles. The molecule has 0 bridgehead atoms. The van der Waals surface area contributed by atoms with Crippen LogP contribution in [0.3, 0.4) is 0 Å². The van der Waals surface area contributed by atoms with Crippen LogP contribution in [0, 0.1) is 5.82 Å². The third-order valence-electron chi connectivity index (χ3n) is 2.72. The molecule has 0 saturated heterocycles. The summed E-state index contributed by atoms with van der Waals surface area (Å²) in [6.45, 7) is 5.27. The van der Waals surface area contributed by atoms with Gasteiger partial charge in [0.25, 0.3) is 0 Å². The molecule has 102 valence electrons. The van der Waals surface area contributed by atoms with Crippen molar-refractivity contribution in [3.05, 3.63) is 53.7 Å². The van der Waals surface area contributed by atoms with Gasteiger partial charge in [-0.15, -0.1) is 0 Å². The third kappa shape index (κ3) is 4.10. The van der Waals surface area contributed by atoms with E-state index < -0.39 is 0 Å². The number of hydrogen-bond acceptors (Lipinski definition) is 3. The van der Waals surface area contributed by atoms with Crippen molar-refractivity contribution >= 4 is 0 Å². The first kappa shape index (κ1) is 13.6. The van der Waals surface area contributed by atoms with Gasteiger partial charge < -0.3 is 14.5 Å². The van der Waals surface area contributed by atoms with Crippen LogP contribution in [0.1, 0.15) is 25.2 Å². The molecule has 0 spiro atoms. The van der Waals surface area contributed by atoms with E-state index in [1.54, 1.807) is 18.4 Å². The normalized spacial score (nSPS) is 10.9. The molecule has 1 N–H and O–H groups in total. The Morgan fingerprint density at radius 3 is 2.63 bits per heavy atom. The van der Waals surface area contributed by atoms with Crippen molar-refractivity contribution in [2.75, 3.05) is 0 Å². The zero-order valence-corrected chi connectivity index (χ0v) is 11.2. The molecule has 0 atom stereocenters. The topological polar surface area (TPSA) is 34.4 Å². The Labute approximate surface area is 112 Å². The summed E-state index contributed by atoms with van der Waals surface area (Å²) >= 11 is 0. The average Bonchev–Trinajstić information content (AvgIpc) is 2.83. The first-order chi connectivity index (χ1) is 9.15. The van der Waals surface area contributed by atoms with E-state index in [4.69, 9.17) is 9.15 Å². The zero-order chi connectivity index (χ0) is 13.7. The number of hydrogen-bond donors (Lipinski definition) is 1. The number of furan rings is 1. The minimum atomic E-state index is -0.271. The standard InChI is InChI=1S/C15H18FNO2/c1-11(2)17-9-12-7-8-18-15(12)10-19-14-5-3-13(16)4-6-14/h3-8,11,17H,9-10H2,1-2H3. The summed E-state index contributed by atoms with van der Waals surface area (Å²) < 4.78 is 23.7. The molecule has 0 aliphatic heterocycles. The van der Waals surface area contributed by atoms with Crippen LogP contribution in [-0.2, 0) is 13.2 Å². The Morgan fingerprint density at radius 2 is 1.95 bits per heavy atom. The highest BCUT2D eigenvalue weighted by Crippen LogP contribution is 2.16. The molecule has 2 rings (SSSR count). The summed E-state index contributed by atoms with van der Waals surface area (Å²) in [5.41, 5.74) is 1.08. The van der Waals surface area contributed by atoms with Gasteiger partial charge in [-0.1, -0.05) is 13.8 Å². The Morgan fingerprint density at radius 1 is 1.21 bits per heavy atom. The fourth-order valence-corrected chi connectivity index (χ4v) is 1.64. The van der Waals surface area contributed by atoms with Gasteiger partial charge in [-0.05, 0) is 30.3 Å². The molecule has 0 fully saturated rings. The van der Waals surface area contributed by atoms with Crippen LogP contribution >= 0.6 is 0 Å². The van der Waals surface area contributed by atoms with E-state index in [0.717, 1.165) is 17.9 Å². The van der Waals surface area contributed by atoms with Crippen LogP contribution in [0.4, 0.5) is 4.39 Å². The van der Waals surface area contributed by atoms with Crippen LogP contribution in [0.15, 0.2) is 41.0 Å². The van der Waals surface area contributed by atoms with Crippen LogP contribution in [0.2, 0.25) is 0 Å². The fourth-order valence-electron chi connectivity index (χ4n) is 1.64. The van der Waals surface area contributed by atoms with Crippen molar-refractivity contribution in [2.24, 2.45) is 0 Å². The highest BCUT2D eigenvalue weighted by atomic mass is 19.1. The van der Waals surface area contributed by atoms with E-state index in [1.165, 1.54) is 12.1 Å². The number of nitrogens with one attached hydrogen (secondary N) is 1. The zero-order valence-electron chi connectivity index (χ0n) is 11.2. The van der Waals surface area contributed by atoms with E-state index in [-0.39, 0.29) is 5.82 Å². The van der Waals surface area contributed by atoms with Crippen LogP contribution in [0.25, 0.3) is 0 Å². The average molecular weight is 263 g/mol. The van der Waals surface area contributed by atoms with E-state index >= 15 is 0 Å². The SMILES string of the molecule is CC(C)NCc1ccoc1COc1ccc(F)cc1. The van der Waals surface area contributed by atoms with Crippen molar-refractivity contribution in [1.82, 2.24) is 5.32 Å². The Kier molecular flexibility index (Phi) is 4.58. The van der Waals surface area contributed by atoms with E-state index in [1.807, 2.05) is 6.07 Å². The molecule has 0 saturated carbocycles. The molecular formula is C15H18FNO2. The summed E-state index contributed by atoms with van der Waals surface area (Å²) in [7, 11) is 0. The van der Waals surface area contributed by atoms with E-state index in [0.29, 0.717) is 18.4 Å². The summed E-state index contributed by atoms with van der Waals surface area (Å²) in [5.74, 6) is 1.14. The Balaban J connectivity index is 1.92. The molecule has 0 aliphatic carbocycles. The molecule has 19 heavy (non-hydrogen) atoms. The van der Waals surface area contributed by atoms with Gasteiger partial charge >= 0.3 is 0 Å². The van der Waals surface area contributed by atoms with E-state index in [2.05, 4.69) is 19.2 Å². The number of halogens is 1. The molecule has 2 aromatic rings. The predicted molar refractivity (Wildman–Crippen MR) is 71.4 cm³/mol. The van der Waals surface area contributed by atoms with Gasteiger partial charge in [-0.3, -0.25) is 0 Å². The number of benzene rings is 1. The third-order valence-corrected chi connectivity index (χ3v) is 2.72. The Hall–Kier alpha value is -1.81. The maximum absolute atomic E-state index is 12.8. The fraction of sp³-hybridized carbons (Fsp3) is 0.333. The molecule has 1 aromatic carbocycles. The first-order valence-electron chi connectivity index (χ1n) is 6.32. The molecular weight excluding hydrogens is 245 g/mol. The lowest BCUT2D eigenvalue weighted by Crippen LogP contribution is -2.22. The van der Waals surface area contributed by atoms with Crippen molar-refractivity contribution in [3.63, 3.8) is 0 Å². The molecule has 0 amide bonds. The van der Waals surface area contributed by atoms with E-state index in [9.17, 15) is 4.39 Å². The van der Waals surface area contributed by atoms with Gasteiger partial charge in [0.1, 0.15) is 23.9 Å². The lowest BCUT2D eigenvalue weighted by atomic mass is 10.2. The second-order valence-corrected chi connectivity index (χ2v) is 4.65. The quantitative estimate of drug-likeness (QED) is 0.866. The van der Waals surface area contributed by atoms with Crippen LogP contribution in [0.5, 0.6) is 5.75 Å². The van der Waals surface area contributed by atoms with Crippen molar-refractivity contribution in [2.45, 2.75) is 33.0 Å². The van der Waals surface area contributed by atoms with Gasteiger partial charge in [0.15, 0.2) is 0 Å². The largest absolute Gasteiger partial charge is 0.486 e. The molecule has 0 aliphatic rings. The maximum Gasteiger partial charge on any atom is 0.146 e. The smallest absolute Gasteiger partial charge is 0.146 e. The van der Waals surface area contributed by atoms with Crippen LogP contribution < -0.4 is 10.1 Å². The highest BCUT2D eigenvalue weighted by Gasteiger charge is 2.07. The summed E-state index contributed by atoms with van der Waals surface area (Å²) in [6.07, 6.45) is 1.65. The number of ether oxygens (including phenoxy) is 1. The maximum atomic E-state index is 12.8. The minimum absolute atomic E-state index is 0.271. The van der Waals surface area contributed by atoms with Gasteiger partial charge in [-0.2, -0.15) is 0 Å². The van der Waals surface area contributed by atoms with Crippen molar-refractivity contribution < 1.29 is 13.5 Å². The Bertz CT molecular complexity index is 505. The van der Waals surface area contributed by atoms with Crippen molar-refractivity contribution in [3.8, 4) is 5.75 Å². The van der Waals surface area contributed by atoms with Crippen LogP contribution in [-0.4, -0.2) is 6.04 Å². The van der Waals surface area contributed by atoms with Gasteiger partial charge in [0.05, 0.1) is 6.26 Å². The summed E-state index contributed by atoms with van der Waals surface area (Å²) in [4.78, 5) is 0.